The predicted molar refractivity (Wildman–Crippen MR) is 126 cm³/mol. The number of hydrogen-bond donors (Lipinski definition) is 1. The van der Waals surface area contributed by atoms with Gasteiger partial charge < -0.3 is 10.2 Å². The molecular weight excluding hydrogens is 416 g/mol. The predicted octanol–water partition coefficient (Wildman–Crippen LogP) is 2.61. The zero-order valence-corrected chi connectivity index (χ0v) is 19.2. The Kier molecular flexibility index (Phi) is 6.66. The van der Waals surface area contributed by atoms with Crippen molar-refractivity contribution >= 4 is 17.4 Å². The zero-order chi connectivity index (χ0) is 23.4. The Morgan fingerprint density at radius 2 is 1.73 bits per heavy atom. The van der Waals surface area contributed by atoms with Crippen molar-refractivity contribution < 1.29 is 4.79 Å². The SMILES string of the molecule is Cc1cc(C)nc(-n2nc(C)cc2NC(=O)CN2CCCN(c3ccc(C#N)cc3)CC2)n1. The van der Waals surface area contributed by atoms with Crippen molar-refractivity contribution in [1.29, 1.82) is 5.26 Å². The molecule has 1 aliphatic rings. The topological polar surface area (TPSA) is 103 Å². The summed E-state index contributed by atoms with van der Waals surface area (Å²) >= 11 is 0. The van der Waals surface area contributed by atoms with Crippen molar-refractivity contribution in [3.8, 4) is 12.0 Å². The Hall–Kier alpha value is -3.77. The fourth-order valence-corrected chi connectivity index (χ4v) is 4.06. The van der Waals surface area contributed by atoms with Gasteiger partial charge in [-0.2, -0.15) is 15.0 Å². The van der Waals surface area contributed by atoms with Crippen LogP contribution in [0.4, 0.5) is 11.5 Å². The normalized spacial score (nSPS) is 14.5. The minimum atomic E-state index is -0.0904. The minimum Gasteiger partial charge on any atom is -0.370 e. The summed E-state index contributed by atoms with van der Waals surface area (Å²) in [4.78, 5) is 26.3. The van der Waals surface area contributed by atoms with Crippen molar-refractivity contribution in [3.05, 3.63) is 59.0 Å². The first-order chi connectivity index (χ1) is 15.9. The van der Waals surface area contributed by atoms with Gasteiger partial charge in [-0.3, -0.25) is 9.69 Å². The van der Waals surface area contributed by atoms with E-state index in [0.717, 1.165) is 55.4 Å². The molecule has 1 amide bonds. The number of benzene rings is 1. The first-order valence-corrected chi connectivity index (χ1v) is 11.1. The second kappa shape index (κ2) is 9.79. The number of carbonyl (C=O) groups is 1. The molecule has 3 aromatic rings. The van der Waals surface area contributed by atoms with E-state index in [4.69, 9.17) is 5.26 Å². The molecule has 0 spiro atoms. The van der Waals surface area contributed by atoms with Crippen LogP contribution in [0.3, 0.4) is 0 Å². The third-order valence-corrected chi connectivity index (χ3v) is 5.58. The number of rotatable bonds is 5. The number of nitrogens with zero attached hydrogens (tertiary/aromatic N) is 7. The van der Waals surface area contributed by atoms with Gasteiger partial charge in [0, 0.05) is 49.3 Å². The van der Waals surface area contributed by atoms with Crippen LogP contribution in [0.15, 0.2) is 36.4 Å². The third kappa shape index (κ3) is 5.54. The van der Waals surface area contributed by atoms with Crippen LogP contribution in [0.2, 0.25) is 0 Å². The van der Waals surface area contributed by atoms with E-state index in [2.05, 4.69) is 36.3 Å². The van der Waals surface area contributed by atoms with Gasteiger partial charge in [0.05, 0.1) is 23.9 Å². The van der Waals surface area contributed by atoms with Gasteiger partial charge >= 0.3 is 0 Å². The summed E-state index contributed by atoms with van der Waals surface area (Å²) in [5.74, 6) is 0.924. The second-order valence-corrected chi connectivity index (χ2v) is 8.36. The van der Waals surface area contributed by atoms with Gasteiger partial charge in [-0.25, -0.2) is 9.97 Å². The van der Waals surface area contributed by atoms with Crippen molar-refractivity contribution in [3.63, 3.8) is 0 Å². The maximum absolute atomic E-state index is 12.9. The molecule has 0 bridgehead atoms. The summed E-state index contributed by atoms with van der Waals surface area (Å²) in [6.45, 7) is 9.37. The highest BCUT2D eigenvalue weighted by molar-refractivity contribution is 5.91. The molecule has 1 N–H and O–H groups in total. The van der Waals surface area contributed by atoms with Gasteiger partial charge in [-0.05, 0) is 57.5 Å². The molecule has 170 valence electrons. The Bertz CT molecular complexity index is 1160. The van der Waals surface area contributed by atoms with Gasteiger partial charge in [0.15, 0.2) is 0 Å². The molecule has 0 aliphatic carbocycles. The monoisotopic (exact) mass is 444 g/mol. The number of amides is 1. The van der Waals surface area contributed by atoms with Crippen LogP contribution in [0.25, 0.3) is 5.95 Å². The lowest BCUT2D eigenvalue weighted by Crippen LogP contribution is -2.36. The summed E-state index contributed by atoms with van der Waals surface area (Å²) in [6.07, 6.45) is 0.959. The fraction of sp³-hybridized carbons (Fsp3) is 0.375. The first-order valence-electron chi connectivity index (χ1n) is 11.1. The van der Waals surface area contributed by atoms with E-state index in [9.17, 15) is 4.79 Å². The molecule has 0 unspecified atom stereocenters. The second-order valence-electron chi connectivity index (χ2n) is 8.36. The number of carbonyl (C=O) groups excluding carboxylic acids is 1. The molecule has 9 nitrogen and oxygen atoms in total. The number of hydrogen-bond acceptors (Lipinski definition) is 7. The Morgan fingerprint density at radius 1 is 1.00 bits per heavy atom. The largest absolute Gasteiger partial charge is 0.370 e. The lowest BCUT2D eigenvalue weighted by Gasteiger charge is -2.23. The van der Waals surface area contributed by atoms with Crippen LogP contribution < -0.4 is 10.2 Å². The summed E-state index contributed by atoms with van der Waals surface area (Å²) < 4.78 is 1.59. The molecule has 9 heteroatoms. The summed E-state index contributed by atoms with van der Waals surface area (Å²) in [5, 5.41) is 16.5. The standard InChI is InChI=1S/C24H28N8O/c1-17-13-18(2)27-24(26-17)32-22(14-19(3)29-32)28-23(33)16-30-9-4-10-31(12-11-30)21-7-5-20(15-25)6-8-21/h5-8,13-14H,4,9-12,16H2,1-3H3,(H,28,33). The Morgan fingerprint density at radius 3 is 2.42 bits per heavy atom. The van der Waals surface area contributed by atoms with Gasteiger partial charge in [-0.1, -0.05) is 0 Å². The summed E-state index contributed by atoms with van der Waals surface area (Å²) in [6, 6.07) is 13.5. The van der Waals surface area contributed by atoms with Crippen LogP contribution >= 0.6 is 0 Å². The van der Waals surface area contributed by atoms with Gasteiger partial charge in [0.2, 0.25) is 5.91 Å². The van der Waals surface area contributed by atoms with E-state index in [-0.39, 0.29) is 5.91 Å². The van der Waals surface area contributed by atoms with Gasteiger partial charge in [-0.15, -0.1) is 0 Å². The Balaban J connectivity index is 1.39. The van der Waals surface area contributed by atoms with E-state index < -0.39 is 0 Å². The Labute approximate surface area is 193 Å². The molecular formula is C24H28N8O. The highest BCUT2D eigenvalue weighted by Gasteiger charge is 2.19. The minimum absolute atomic E-state index is 0.0904. The van der Waals surface area contributed by atoms with Crippen molar-refractivity contribution in [2.45, 2.75) is 27.2 Å². The van der Waals surface area contributed by atoms with Crippen LogP contribution in [-0.4, -0.2) is 63.3 Å². The smallest absolute Gasteiger partial charge is 0.252 e. The van der Waals surface area contributed by atoms with Crippen LogP contribution in [0.1, 0.15) is 29.1 Å². The molecule has 0 radical (unpaired) electrons. The number of aromatic nitrogens is 4. The highest BCUT2D eigenvalue weighted by atomic mass is 16.2. The number of nitrogens with one attached hydrogen (secondary N) is 1. The van der Waals surface area contributed by atoms with Gasteiger partial charge in [0.25, 0.3) is 5.95 Å². The number of anilines is 2. The van der Waals surface area contributed by atoms with E-state index in [1.807, 2.05) is 57.2 Å². The van der Waals surface area contributed by atoms with Crippen LogP contribution in [0.5, 0.6) is 0 Å². The number of aryl methyl sites for hydroxylation is 3. The summed E-state index contributed by atoms with van der Waals surface area (Å²) in [7, 11) is 0. The zero-order valence-electron chi connectivity index (χ0n) is 19.2. The third-order valence-electron chi connectivity index (χ3n) is 5.58. The molecule has 3 heterocycles. The lowest BCUT2D eigenvalue weighted by atomic mass is 10.2. The van der Waals surface area contributed by atoms with E-state index in [1.165, 1.54) is 0 Å². The molecule has 1 fully saturated rings. The lowest BCUT2D eigenvalue weighted by molar-refractivity contribution is -0.117. The summed E-state index contributed by atoms with van der Waals surface area (Å²) in [5.41, 5.74) is 4.24. The fourth-order valence-electron chi connectivity index (χ4n) is 4.06. The average molecular weight is 445 g/mol. The van der Waals surface area contributed by atoms with E-state index >= 15 is 0 Å². The maximum atomic E-state index is 12.9. The average Bonchev–Trinajstić information content (AvgIpc) is 2.99. The molecule has 1 saturated heterocycles. The molecule has 1 aromatic carbocycles. The first kappa shape index (κ1) is 22.4. The van der Waals surface area contributed by atoms with Gasteiger partial charge in [0.1, 0.15) is 5.82 Å². The van der Waals surface area contributed by atoms with Crippen LogP contribution in [0, 0.1) is 32.1 Å². The van der Waals surface area contributed by atoms with Crippen molar-refractivity contribution in [2.24, 2.45) is 0 Å². The van der Waals surface area contributed by atoms with Crippen molar-refractivity contribution in [1.82, 2.24) is 24.6 Å². The van der Waals surface area contributed by atoms with E-state index in [0.29, 0.717) is 23.9 Å². The molecule has 0 atom stereocenters. The number of nitriles is 1. The maximum Gasteiger partial charge on any atom is 0.252 e. The van der Waals surface area contributed by atoms with Crippen molar-refractivity contribution in [2.75, 3.05) is 42.9 Å². The molecule has 2 aromatic heterocycles. The highest BCUT2D eigenvalue weighted by Crippen LogP contribution is 2.18. The van der Waals surface area contributed by atoms with E-state index in [1.54, 1.807) is 4.68 Å². The molecule has 4 rings (SSSR count). The molecule has 33 heavy (non-hydrogen) atoms. The molecule has 0 saturated carbocycles. The van der Waals surface area contributed by atoms with Crippen LogP contribution in [-0.2, 0) is 4.79 Å². The molecule has 1 aliphatic heterocycles. The quantitative estimate of drug-likeness (QED) is 0.645.